The van der Waals surface area contributed by atoms with E-state index in [2.05, 4.69) is 13.8 Å². The fourth-order valence-electron chi connectivity index (χ4n) is 2.19. The Morgan fingerprint density at radius 3 is 2.08 bits per heavy atom. The summed E-state index contributed by atoms with van der Waals surface area (Å²) in [6.07, 6.45) is 3.02. The van der Waals surface area contributed by atoms with E-state index in [0.29, 0.717) is 5.78 Å². The normalized spacial score (nSPS) is 36.8. The molecule has 0 aromatic heterocycles. The zero-order valence-electron chi connectivity index (χ0n) is 8.69. The van der Waals surface area contributed by atoms with E-state index < -0.39 is 0 Å². The molecule has 1 fully saturated rings. The average molecular weight is 166 g/mol. The Labute approximate surface area is 74.9 Å². The van der Waals surface area contributed by atoms with Crippen LogP contribution in [0.15, 0.2) is 11.6 Å². The van der Waals surface area contributed by atoms with E-state index in [1.807, 2.05) is 26.8 Å². The van der Waals surface area contributed by atoms with E-state index in [1.165, 1.54) is 0 Å². The summed E-state index contributed by atoms with van der Waals surface area (Å²) in [5, 5.41) is 0. The molecule has 0 aliphatic heterocycles. The number of Topliss-reactive ketones (excluding diaryl/α,β-unsaturated/α-hetero) is 1. The highest BCUT2D eigenvalue weighted by Gasteiger charge is 2.59. The Kier molecular flexibility index (Phi) is 1.94. The summed E-state index contributed by atoms with van der Waals surface area (Å²) in [4.78, 5) is 11.6. The fourth-order valence-corrected chi connectivity index (χ4v) is 2.19. The topological polar surface area (TPSA) is 17.1 Å². The molecule has 1 heteroatoms. The van der Waals surface area contributed by atoms with Gasteiger partial charge < -0.3 is 0 Å². The van der Waals surface area contributed by atoms with Crippen LogP contribution in [0, 0.1) is 10.8 Å². The summed E-state index contributed by atoms with van der Waals surface area (Å²) in [6, 6.07) is 0. The minimum absolute atomic E-state index is 0.110. The number of carbonyl (C=O) groups excluding carboxylic acids is 1. The van der Waals surface area contributed by atoms with Crippen molar-refractivity contribution in [2.45, 2.75) is 41.0 Å². The molecule has 1 aliphatic carbocycles. The summed E-state index contributed by atoms with van der Waals surface area (Å²) in [7, 11) is 0. The second kappa shape index (κ2) is 2.45. The third-order valence-electron chi connectivity index (χ3n) is 3.78. The van der Waals surface area contributed by atoms with E-state index in [0.717, 1.165) is 12.0 Å². The lowest BCUT2D eigenvalue weighted by Gasteiger charge is -2.54. The Morgan fingerprint density at radius 1 is 1.33 bits per heavy atom. The van der Waals surface area contributed by atoms with Gasteiger partial charge in [0.05, 0.1) is 0 Å². The van der Waals surface area contributed by atoms with Crippen LogP contribution in [0.1, 0.15) is 41.0 Å². The van der Waals surface area contributed by atoms with Crippen LogP contribution in [0.5, 0.6) is 0 Å². The van der Waals surface area contributed by atoms with Crippen LogP contribution in [-0.2, 0) is 4.79 Å². The van der Waals surface area contributed by atoms with Crippen LogP contribution >= 0.6 is 0 Å². The molecule has 0 radical (unpaired) electrons. The summed E-state index contributed by atoms with van der Waals surface area (Å²) >= 11 is 0. The predicted molar refractivity (Wildman–Crippen MR) is 50.9 cm³/mol. The summed E-state index contributed by atoms with van der Waals surface area (Å²) in [5.74, 6) is 0.328. The molecule has 0 aromatic rings. The molecule has 1 nitrogen and oxygen atoms in total. The van der Waals surface area contributed by atoms with Crippen molar-refractivity contribution in [3.63, 3.8) is 0 Å². The van der Waals surface area contributed by atoms with Crippen LogP contribution in [0.2, 0.25) is 0 Å². The van der Waals surface area contributed by atoms with E-state index >= 15 is 0 Å². The second-order valence-corrected chi connectivity index (χ2v) is 4.34. The molecule has 1 saturated carbocycles. The van der Waals surface area contributed by atoms with Crippen LogP contribution in [-0.4, -0.2) is 5.78 Å². The lowest BCUT2D eigenvalue weighted by atomic mass is 9.47. The first kappa shape index (κ1) is 9.50. The number of allylic oxidation sites excluding steroid dienone is 2. The molecule has 0 bridgehead atoms. The number of ketones is 1. The van der Waals surface area contributed by atoms with Crippen molar-refractivity contribution in [3.05, 3.63) is 11.6 Å². The highest BCUT2D eigenvalue weighted by molar-refractivity contribution is 6.08. The van der Waals surface area contributed by atoms with Gasteiger partial charge in [0.15, 0.2) is 5.78 Å². The van der Waals surface area contributed by atoms with Crippen LogP contribution < -0.4 is 0 Å². The molecule has 0 spiro atoms. The first-order valence-electron chi connectivity index (χ1n) is 4.63. The van der Waals surface area contributed by atoms with Gasteiger partial charge in [-0.3, -0.25) is 4.79 Å². The minimum atomic E-state index is -0.149. The Balaban J connectivity index is 3.10. The molecule has 1 aliphatic rings. The third kappa shape index (κ3) is 0.769. The van der Waals surface area contributed by atoms with Crippen molar-refractivity contribution < 1.29 is 4.79 Å². The minimum Gasteiger partial charge on any atom is -0.294 e. The van der Waals surface area contributed by atoms with Gasteiger partial charge in [-0.15, -0.1) is 0 Å². The monoisotopic (exact) mass is 166 g/mol. The predicted octanol–water partition coefficient (Wildman–Crippen LogP) is 2.96. The number of carbonyl (C=O) groups is 1. The molecular weight excluding hydrogens is 148 g/mol. The van der Waals surface area contributed by atoms with Gasteiger partial charge in [-0.05, 0) is 18.9 Å². The van der Waals surface area contributed by atoms with Crippen molar-refractivity contribution in [2.75, 3.05) is 0 Å². The van der Waals surface area contributed by atoms with Gasteiger partial charge in [-0.2, -0.15) is 0 Å². The summed E-state index contributed by atoms with van der Waals surface area (Å²) in [6.45, 7) is 10.4. The zero-order valence-corrected chi connectivity index (χ0v) is 8.69. The van der Waals surface area contributed by atoms with Gasteiger partial charge in [-0.25, -0.2) is 0 Å². The molecule has 68 valence electrons. The highest BCUT2D eigenvalue weighted by atomic mass is 16.1. The third-order valence-corrected chi connectivity index (χ3v) is 3.78. The zero-order chi connectivity index (χ0) is 9.57. The van der Waals surface area contributed by atoms with E-state index in [-0.39, 0.29) is 10.8 Å². The fraction of sp³-hybridized carbons (Fsp3) is 0.727. The molecule has 1 unspecified atom stereocenters. The molecule has 0 heterocycles. The van der Waals surface area contributed by atoms with Gasteiger partial charge in [-0.1, -0.05) is 33.8 Å². The molecule has 0 amide bonds. The quantitative estimate of drug-likeness (QED) is 0.547. The average Bonchev–Trinajstić information content (AvgIpc) is 2.04. The van der Waals surface area contributed by atoms with Crippen LogP contribution in [0.3, 0.4) is 0 Å². The lowest BCUT2D eigenvalue weighted by molar-refractivity contribution is -0.140. The largest absolute Gasteiger partial charge is 0.294 e. The number of rotatable bonds is 1. The maximum Gasteiger partial charge on any atom is 0.165 e. The molecular formula is C11H18O. The van der Waals surface area contributed by atoms with Gasteiger partial charge in [0, 0.05) is 10.8 Å². The molecule has 0 saturated heterocycles. The van der Waals surface area contributed by atoms with Crippen LogP contribution in [0.25, 0.3) is 0 Å². The molecule has 0 N–H and O–H groups in total. The second-order valence-electron chi connectivity index (χ2n) is 4.34. The number of hydrogen-bond acceptors (Lipinski definition) is 1. The Hall–Kier alpha value is -0.590. The van der Waals surface area contributed by atoms with Crippen molar-refractivity contribution in [1.82, 2.24) is 0 Å². The molecule has 12 heavy (non-hydrogen) atoms. The van der Waals surface area contributed by atoms with E-state index in [1.54, 1.807) is 0 Å². The van der Waals surface area contributed by atoms with Gasteiger partial charge in [0.1, 0.15) is 0 Å². The van der Waals surface area contributed by atoms with Gasteiger partial charge in [0.25, 0.3) is 0 Å². The smallest absolute Gasteiger partial charge is 0.165 e. The first-order valence-corrected chi connectivity index (χ1v) is 4.63. The number of hydrogen-bond donors (Lipinski definition) is 0. The first-order chi connectivity index (χ1) is 5.41. The van der Waals surface area contributed by atoms with Gasteiger partial charge >= 0.3 is 0 Å². The molecule has 0 aromatic carbocycles. The SMILES string of the molecule is C/C=C1/C(=O)C(C)(C)C1(C)CC. The Bertz CT molecular complexity index is 248. The summed E-state index contributed by atoms with van der Waals surface area (Å²) in [5.41, 5.74) is 0.984. The summed E-state index contributed by atoms with van der Waals surface area (Å²) < 4.78 is 0. The maximum atomic E-state index is 11.6. The van der Waals surface area contributed by atoms with Crippen molar-refractivity contribution in [3.8, 4) is 0 Å². The lowest BCUT2D eigenvalue weighted by Crippen LogP contribution is -2.56. The van der Waals surface area contributed by atoms with Crippen molar-refractivity contribution in [1.29, 1.82) is 0 Å². The van der Waals surface area contributed by atoms with E-state index in [4.69, 9.17) is 0 Å². The standard InChI is InChI=1S/C11H18O/c1-6-8-9(12)10(3,4)11(8,5)7-2/h6H,7H2,1-5H3/b8-6-. The van der Waals surface area contributed by atoms with E-state index in [9.17, 15) is 4.79 Å². The maximum absolute atomic E-state index is 11.6. The highest BCUT2D eigenvalue weighted by Crippen LogP contribution is 2.58. The molecule has 1 rings (SSSR count). The van der Waals surface area contributed by atoms with Crippen molar-refractivity contribution in [2.24, 2.45) is 10.8 Å². The van der Waals surface area contributed by atoms with Crippen LogP contribution in [0.4, 0.5) is 0 Å². The van der Waals surface area contributed by atoms with Gasteiger partial charge in [0.2, 0.25) is 0 Å². The van der Waals surface area contributed by atoms with Crippen molar-refractivity contribution >= 4 is 5.78 Å². The Morgan fingerprint density at radius 2 is 1.83 bits per heavy atom. The molecule has 1 atom stereocenters.